The van der Waals surface area contributed by atoms with Gasteiger partial charge in [0.05, 0.1) is 11.4 Å². The minimum Gasteiger partial charge on any atom is -0.355 e. The van der Waals surface area contributed by atoms with Crippen LogP contribution in [0.2, 0.25) is 0 Å². The lowest BCUT2D eigenvalue weighted by Crippen LogP contribution is -2.42. The van der Waals surface area contributed by atoms with Crippen LogP contribution in [0.25, 0.3) is 0 Å². The summed E-state index contributed by atoms with van der Waals surface area (Å²) in [6.07, 6.45) is 7.47. The van der Waals surface area contributed by atoms with Crippen molar-refractivity contribution in [1.29, 1.82) is 0 Å². The summed E-state index contributed by atoms with van der Waals surface area (Å²) < 4.78 is 0. The standard InChI is InChI=1S/C18H28N4O/c1-13-11-19-14(2)17(20-13)22-9-7-15(8-10-22)12-21(3)18(23)16-5-4-6-16/h11,15-16H,4-10,12H2,1-3H3. The Morgan fingerprint density at radius 3 is 2.57 bits per heavy atom. The Bertz CT molecular complexity index is 562. The largest absolute Gasteiger partial charge is 0.355 e. The van der Waals surface area contributed by atoms with Crippen molar-refractivity contribution in [2.75, 3.05) is 31.6 Å². The minimum atomic E-state index is 0.310. The summed E-state index contributed by atoms with van der Waals surface area (Å²) in [5.74, 6) is 2.31. The molecule has 126 valence electrons. The number of nitrogens with zero attached hydrogens (tertiary/aromatic N) is 4. The van der Waals surface area contributed by atoms with Gasteiger partial charge >= 0.3 is 0 Å². The molecule has 0 aromatic carbocycles. The van der Waals surface area contributed by atoms with Crippen LogP contribution in [-0.4, -0.2) is 47.5 Å². The first kappa shape index (κ1) is 16.2. The van der Waals surface area contributed by atoms with Crippen molar-refractivity contribution in [3.63, 3.8) is 0 Å². The van der Waals surface area contributed by atoms with E-state index in [1.165, 1.54) is 6.42 Å². The molecular weight excluding hydrogens is 288 g/mol. The van der Waals surface area contributed by atoms with Gasteiger partial charge in [-0.25, -0.2) is 4.98 Å². The van der Waals surface area contributed by atoms with Crippen LogP contribution in [0.4, 0.5) is 5.82 Å². The van der Waals surface area contributed by atoms with Gasteiger partial charge in [-0.15, -0.1) is 0 Å². The third-order valence-corrected chi connectivity index (χ3v) is 5.33. The first-order chi connectivity index (χ1) is 11.0. The number of piperidine rings is 1. The monoisotopic (exact) mass is 316 g/mol. The fraction of sp³-hybridized carbons (Fsp3) is 0.722. The topological polar surface area (TPSA) is 49.3 Å². The molecule has 3 rings (SSSR count). The normalized spacial score (nSPS) is 19.5. The SMILES string of the molecule is Cc1cnc(C)c(N2CCC(CN(C)C(=O)C3CCC3)CC2)n1. The molecule has 2 fully saturated rings. The van der Waals surface area contributed by atoms with Crippen molar-refractivity contribution in [3.05, 3.63) is 17.6 Å². The molecule has 1 aromatic rings. The molecule has 0 unspecified atom stereocenters. The molecule has 1 amide bonds. The van der Waals surface area contributed by atoms with E-state index in [1.54, 1.807) is 0 Å². The Balaban J connectivity index is 1.52. The summed E-state index contributed by atoms with van der Waals surface area (Å²) in [4.78, 5) is 25.7. The Kier molecular flexibility index (Phi) is 4.83. The highest BCUT2D eigenvalue weighted by Crippen LogP contribution is 2.29. The summed E-state index contributed by atoms with van der Waals surface area (Å²) in [5, 5.41) is 0. The van der Waals surface area contributed by atoms with E-state index in [-0.39, 0.29) is 0 Å². The number of amides is 1. The minimum absolute atomic E-state index is 0.310. The van der Waals surface area contributed by atoms with Crippen LogP contribution in [0.15, 0.2) is 6.20 Å². The summed E-state index contributed by atoms with van der Waals surface area (Å²) in [7, 11) is 1.98. The molecule has 5 heteroatoms. The van der Waals surface area contributed by atoms with E-state index < -0.39 is 0 Å². The number of carbonyl (C=O) groups is 1. The first-order valence-electron chi connectivity index (χ1n) is 8.84. The molecule has 5 nitrogen and oxygen atoms in total. The van der Waals surface area contributed by atoms with Gasteiger partial charge in [-0.1, -0.05) is 6.42 Å². The molecule has 2 aliphatic rings. The Morgan fingerprint density at radius 1 is 1.26 bits per heavy atom. The van der Waals surface area contributed by atoms with E-state index in [1.807, 2.05) is 32.0 Å². The van der Waals surface area contributed by atoms with Crippen molar-refractivity contribution in [2.24, 2.45) is 11.8 Å². The van der Waals surface area contributed by atoms with Crippen molar-refractivity contribution in [2.45, 2.75) is 46.0 Å². The van der Waals surface area contributed by atoms with Crippen molar-refractivity contribution in [1.82, 2.24) is 14.9 Å². The second-order valence-electron chi connectivity index (χ2n) is 7.20. The summed E-state index contributed by atoms with van der Waals surface area (Å²) in [5.41, 5.74) is 1.98. The number of carbonyl (C=O) groups excluding carboxylic acids is 1. The number of aromatic nitrogens is 2. The molecule has 1 aromatic heterocycles. The van der Waals surface area contributed by atoms with E-state index in [4.69, 9.17) is 0 Å². The van der Waals surface area contributed by atoms with Crippen molar-refractivity contribution >= 4 is 11.7 Å². The van der Waals surface area contributed by atoms with Crippen LogP contribution in [-0.2, 0) is 4.79 Å². The van der Waals surface area contributed by atoms with E-state index in [0.29, 0.717) is 17.7 Å². The van der Waals surface area contributed by atoms with E-state index in [9.17, 15) is 4.79 Å². The maximum atomic E-state index is 12.3. The lowest BCUT2D eigenvalue weighted by Gasteiger charge is -2.36. The van der Waals surface area contributed by atoms with Gasteiger partial charge in [-0.3, -0.25) is 9.78 Å². The van der Waals surface area contributed by atoms with Gasteiger partial charge < -0.3 is 9.80 Å². The van der Waals surface area contributed by atoms with Crippen LogP contribution in [0.1, 0.15) is 43.5 Å². The maximum absolute atomic E-state index is 12.3. The number of hydrogen-bond donors (Lipinski definition) is 0. The molecule has 1 aliphatic heterocycles. The quantitative estimate of drug-likeness (QED) is 0.856. The molecule has 1 saturated carbocycles. The number of anilines is 1. The molecule has 2 heterocycles. The predicted molar refractivity (Wildman–Crippen MR) is 91.4 cm³/mol. The van der Waals surface area contributed by atoms with E-state index >= 15 is 0 Å². The lowest BCUT2D eigenvalue weighted by atomic mass is 9.84. The van der Waals surface area contributed by atoms with Gasteiger partial charge in [0.2, 0.25) is 5.91 Å². The highest BCUT2D eigenvalue weighted by atomic mass is 16.2. The van der Waals surface area contributed by atoms with Gasteiger partial charge in [-0.2, -0.15) is 0 Å². The van der Waals surface area contributed by atoms with Crippen LogP contribution in [0.5, 0.6) is 0 Å². The van der Waals surface area contributed by atoms with Crippen LogP contribution in [0, 0.1) is 25.7 Å². The summed E-state index contributed by atoms with van der Waals surface area (Å²) >= 11 is 0. The van der Waals surface area contributed by atoms with Crippen LogP contribution >= 0.6 is 0 Å². The first-order valence-corrected chi connectivity index (χ1v) is 8.84. The molecule has 0 bridgehead atoms. The zero-order valence-corrected chi connectivity index (χ0v) is 14.6. The van der Waals surface area contributed by atoms with Gasteiger partial charge in [0.15, 0.2) is 0 Å². The average molecular weight is 316 g/mol. The number of aryl methyl sites for hydroxylation is 2. The molecule has 1 aliphatic carbocycles. The summed E-state index contributed by atoms with van der Waals surface area (Å²) in [6, 6.07) is 0. The zero-order valence-electron chi connectivity index (χ0n) is 14.6. The summed E-state index contributed by atoms with van der Waals surface area (Å²) in [6.45, 7) is 6.94. The Labute approximate surface area is 139 Å². The van der Waals surface area contributed by atoms with Crippen molar-refractivity contribution in [3.8, 4) is 0 Å². The molecule has 0 radical (unpaired) electrons. The fourth-order valence-electron chi connectivity index (χ4n) is 3.60. The maximum Gasteiger partial charge on any atom is 0.225 e. The predicted octanol–water partition coefficient (Wildman–Crippen LogP) is 2.57. The molecule has 0 atom stereocenters. The average Bonchev–Trinajstić information content (AvgIpc) is 2.49. The van der Waals surface area contributed by atoms with E-state index in [0.717, 1.165) is 62.5 Å². The van der Waals surface area contributed by atoms with Gasteiger partial charge in [-0.05, 0) is 45.4 Å². The second-order valence-corrected chi connectivity index (χ2v) is 7.20. The van der Waals surface area contributed by atoms with Gasteiger partial charge in [0.25, 0.3) is 0 Å². The molecule has 0 spiro atoms. The smallest absolute Gasteiger partial charge is 0.225 e. The molecular formula is C18H28N4O. The van der Waals surface area contributed by atoms with Crippen LogP contribution < -0.4 is 4.90 Å². The van der Waals surface area contributed by atoms with Crippen LogP contribution in [0.3, 0.4) is 0 Å². The molecule has 23 heavy (non-hydrogen) atoms. The second kappa shape index (κ2) is 6.85. The number of hydrogen-bond acceptors (Lipinski definition) is 4. The highest BCUT2D eigenvalue weighted by Gasteiger charge is 2.30. The zero-order chi connectivity index (χ0) is 16.4. The van der Waals surface area contributed by atoms with Gasteiger partial charge in [0, 0.05) is 38.8 Å². The Hall–Kier alpha value is -1.65. The van der Waals surface area contributed by atoms with Crippen molar-refractivity contribution < 1.29 is 4.79 Å². The lowest BCUT2D eigenvalue weighted by molar-refractivity contribution is -0.137. The molecule has 0 N–H and O–H groups in total. The van der Waals surface area contributed by atoms with E-state index in [2.05, 4.69) is 14.9 Å². The third kappa shape index (κ3) is 3.65. The fourth-order valence-corrected chi connectivity index (χ4v) is 3.60. The third-order valence-electron chi connectivity index (χ3n) is 5.33. The Morgan fingerprint density at radius 2 is 1.96 bits per heavy atom. The highest BCUT2D eigenvalue weighted by molar-refractivity contribution is 5.79. The molecule has 1 saturated heterocycles. The number of rotatable bonds is 4. The van der Waals surface area contributed by atoms with Gasteiger partial charge in [0.1, 0.15) is 5.82 Å².